The van der Waals surface area contributed by atoms with Gasteiger partial charge >= 0.3 is 6.18 Å². The van der Waals surface area contributed by atoms with Crippen molar-refractivity contribution in [1.82, 2.24) is 15.5 Å². The van der Waals surface area contributed by atoms with Gasteiger partial charge in [0.15, 0.2) is 5.96 Å². The summed E-state index contributed by atoms with van der Waals surface area (Å²) in [7, 11) is 3.72. The molecule has 9 heteroatoms. The molecule has 0 bridgehead atoms. The molecule has 5 nitrogen and oxygen atoms in total. The van der Waals surface area contributed by atoms with E-state index in [1.54, 1.807) is 13.2 Å². The number of methoxy groups -OCH3 is 1. The fourth-order valence-electron chi connectivity index (χ4n) is 2.31. The number of ether oxygens (including phenoxy) is 1. The highest BCUT2D eigenvalue weighted by molar-refractivity contribution is 14.0. The van der Waals surface area contributed by atoms with Crippen LogP contribution < -0.4 is 10.6 Å². The molecule has 29 heavy (non-hydrogen) atoms. The first-order chi connectivity index (χ1) is 13.4. The Balaban J connectivity index is 0.00000784. The Morgan fingerprint density at radius 2 is 2.00 bits per heavy atom. The van der Waals surface area contributed by atoms with Crippen molar-refractivity contribution in [1.29, 1.82) is 0 Å². The van der Waals surface area contributed by atoms with Crippen LogP contribution in [0.25, 0.3) is 0 Å². The predicted molar refractivity (Wildman–Crippen MR) is 122 cm³/mol. The third-order valence-electron chi connectivity index (χ3n) is 3.75. The summed E-state index contributed by atoms with van der Waals surface area (Å²) in [6, 6.07) is 4.99. The largest absolute Gasteiger partial charge is 0.416 e. The first-order valence-corrected chi connectivity index (χ1v) is 9.22. The van der Waals surface area contributed by atoms with E-state index in [2.05, 4.69) is 32.4 Å². The summed E-state index contributed by atoms with van der Waals surface area (Å²) in [5.41, 5.74) is -0.368. The van der Waals surface area contributed by atoms with Gasteiger partial charge < -0.3 is 20.3 Å². The third kappa shape index (κ3) is 12.6. The normalized spacial score (nSPS) is 11.5. The van der Waals surface area contributed by atoms with Crippen molar-refractivity contribution >= 4 is 29.9 Å². The van der Waals surface area contributed by atoms with E-state index in [4.69, 9.17) is 4.74 Å². The summed E-state index contributed by atoms with van der Waals surface area (Å²) in [5.74, 6) is 6.20. The molecule has 0 aliphatic rings. The number of likely N-dealkylation sites (N-methyl/N-ethyl adjacent to an activating group) is 1. The highest BCUT2D eigenvalue weighted by Crippen LogP contribution is 2.29. The molecule has 0 spiro atoms. The fourth-order valence-corrected chi connectivity index (χ4v) is 2.31. The van der Waals surface area contributed by atoms with Gasteiger partial charge in [0.2, 0.25) is 0 Å². The summed E-state index contributed by atoms with van der Waals surface area (Å²) in [6.45, 7) is 6.07. The second-order valence-corrected chi connectivity index (χ2v) is 6.14. The third-order valence-corrected chi connectivity index (χ3v) is 3.75. The lowest BCUT2D eigenvalue weighted by atomic mass is 10.1. The fraction of sp³-hybridized carbons (Fsp3) is 0.550. The van der Waals surface area contributed by atoms with Gasteiger partial charge in [-0.25, -0.2) is 0 Å². The van der Waals surface area contributed by atoms with Gasteiger partial charge in [-0.15, -0.1) is 24.0 Å². The van der Waals surface area contributed by atoms with Crippen LogP contribution in [0.1, 0.15) is 24.5 Å². The van der Waals surface area contributed by atoms with Gasteiger partial charge in [0.25, 0.3) is 0 Å². The number of halogens is 4. The lowest BCUT2D eigenvalue weighted by molar-refractivity contribution is -0.137. The summed E-state index contributed by atoms with van der Waals surface area (Å²) in [5, 5.41) is 6.19. The number of hydrogen-bond donors (Lipinski definition) is 2. The second-order valence-electron chi connectivity index (χ2n) is 6.14. The Morgan fingerprint density at radius 1 is 1.24 bits per heavy atom. The minimum Gasteiger partial charge on any atom is -0.385 e. The van der Waals surface area contributed by atoms with Crippen LogP contribution in [0.2, 0.25) is 0 Å². The zero-order chi connectivity index (χ0) is 20.8. The van der Waals surface area contributed by atoms with E-state index in [0.717, 1.165) is 38.2 Å². The molecular weight excluding hydrogens is 496 g/mol. The predicted octanol–water partition coefficient (Wildman–Crippen LogP) is 3.20. The summed E-state index contributed by atoms with van der Waals surface area (Å²) < 4.78 is 43.2. The average Bonchev–Trinajstić information content (AvgIpc) is 2.65. The van der Waals surface area contributed by atoms with Gasteiger partial charge in [0, 0.05) is 38.9 Å². The summed E-state index contributed by atoms with van der Waals surface area (Å²) in [4.78, 5) is 6.66. The van der Waals surface area contributed by atoms with Gasteiger partial charge in [0.05, 0.1) is 18.7 Å². The molecule has 0 aliphatic carbocycles. The molecule has 1 aromatic carbocycles. The molecule has 0 unspecified atom stereocenters. The number of rotatable bonds is 9. The first kappa shape index (κ1) is 27.5. The first-order valence-electron chi connectivity index (χ1n) is 9.22. The van der Waals surface area contributed by atoms with Crippen LogP contribution in [0.15, 0.2) is 29.3 Å². The van der Waals surface area contributed by atoms with Crippen molar-refractivity contribution in [2.24, 2.45) is 4.99 Å². The van der Waals surface area contributed by atoms with Gasteiger partial charge in [-0.2, -0.15) is 13.2 Å². The summed E-state index contributed by atoms with van der Waals surface area (Å²) in [6.07, 6.45) is -3.39. The van der Waals surface area contributed by atoms with Crippen LogP contribution in [0.4, 0.5) is 13.2 Å². The molecule has 0 saturated heterocycles. The minimum absolute atomic E-state index is 0. The number of aliphatic imine (C=N–C) groups is 1. The SMILES string of the molecule is CCNC(=NCCN(C)CCCOC)NCC#Cc1cccc(C(F)(F)F)c1.I. The zero-order valence-corrected chi connectivity index (χ0v) is 19.4. The Morgan fingerprint density at radius 3 is 2.66 bits per heavy atom. The quantitative estimate of drug-likeness (QED) is 0.171. The molecule has 1 aromatic rings. The van der Waals surface area contributed by atoms with Crippen molar-refractivity contribution in [2.45, 2.75) is 19.5 Å². The topological polar surface area (TPSA) is 48.9 Å². The average molecular weight is 526 g/mol. The molecule has 0 amide bonds. The van der Waals surface area contributed by atoms with Crippen LogP contribution in [-0.2, 0) is 10.9 Å². The Labute approximate surface area is 188 Å². The summed E-state index contributed by atoms with van der Waals surface area (Å²) >= 11 is 0. The Hall–Kier alpha value is -1.51. The zero-order valence-electron chi connectivity index (χ0n) is 17.1. The highest BCUT2D eigenvalue weighted by Gasteiger charge is 2.30. The number of alkyl halides is 3. The van der Waals surface area contributed by atoms with Gasteiger partial charge in [-0.3, -0.25) is 4.99 Å². The van der Waals surface area contributed by atoms with E-state index in [1.165, 1.54) is 6.07 Å². The number of nitrogens with zero attached hydrogens (tertiary/aromatic N) is 2. The van der Waals surface area contributed by atoms with E-state index in [1.807, 2.05) is 14.0 Å². The van der Waals surface area contributed by atoms with Crippen molar-refractivity contribution in [2.75, 3.05) is 53.5 Å². The molecule has 164 valence electrons. The lowest BCUT2D eigenvalue weighted by Gasteiger charge is -2.15. The molecule has 0 radical (unpaired) electrons. The second kappa shape index (κ2) is 15.3. The van der Waals surface area contributed by atoms with Crippen molar-refractivity contribution in [3.05, 3.63) is 35.4 Å². The number of benzene rings is 1. The van der Waals surface area contributed by atoms with E-state index in [0.29, 0.717) is 24.6 Å². The van der Waals surface area contributed by atoms with Gasteiger partial charge in [-0.1, -0.05) is 17.9 Å². The molecule has 0 heterocycles. The molecule has 0 fully saturated rings. The minimum atomic E-state index is -4.36. The van der Waals surface area contributed by atoms with E-state index < -0.39 is 11.7 Å². The lowest BCUT2D eigenvalue weighted by Crippen LogP contribution is -2.38. The monoisotopic (exact) mass is 526 g/mol. The smallest absolute Gasteiger partial charge is 0.385 e. The van der Waals surface area contributed by atoms with Crippen molar-refractivity contribution < 1.29 is 17.9 Å². The van der Waals surface area contributed by atoms with Crippen molar-refractivity contribution in [3.8, 4) is 11.8 Å². The molecule has 1 rings (SSSR count). The van der Waals surface area contributed by atoms with Crippen LogP contribution in [0.3, 0.4) is 0 Å². The molecule has 0 aliphatic heterocycles. The van der Waals surface area contributed by atoms with Crippen molar-refractivity contribution in [3.63, 3.8) is 0 Å². The Bertz CT molecular complexity index is 672. The molecule has 0 aromatic heterocycles. The molecule has 2 N–H and O–H groups in total. The maximum Gasteiger partial charge on any atom is 0.416 e. The maximum absolute atomic E-state index is 12.7. The van der Waals surface area contributed by atoms with Crippen LogP contribution in [-0.4, -0.2) is 64.3 Å². The maximum atomic E-state index is 12.7. The van der Waals surface area contributed by atoms with E-state index in [-0.39, 0.29) is 30.5 Å². The van der Waals surface area contributed by atoms with E-state index in [9.17, 15) is 13.2 Å². The molecule has 0 saturated carbocycles. The van der Waals surface area contributed by atoms with Gasteiger partial charge in [0.1, 0.15) is 0 Å². The molecular formula is C20H30F3IN4O. The Kier molecular flexibility index (Phi) is 14.5. The number of guanidine groups is 1. The van der Waals surface area contributed by atoms with Crippen LogP contribution in [0.5, 0.6) is 0 Å². The standard InChI is InChI=1S/C20H29F3N4O.HI/c1-4-24-19(26-12-14-27(2)13-7-15-28-3)25-11-6-9-17-8-5-10-18(16-17)20(21,22)23;/h5,8,10,16H,4,7,11-15H2,1-3H3,(H2,24,25,26);1H. The van der Waals surface area contributed by atoms with Crippen LogP contribution >= 0.6 is 24.0 Å². The number of hydrogen-bond acceptors (Lipinski definition) is 3. The number of nitrogens with one attached hydrogen (secondary N) is 2. The highest BCUT2D eigenvalue weighted by atomic mass is 127. The van der Waals surface area contributed by atoms with E-state index >= 15 is 0 Å². The van der Waals surface area contributed by atoms with Crippen LogP contribution in [0, 0.1) is 11.8 Å². The van der Waals surface area contributed by atoms with Gasteiger partial charge in [-0.05, 0) is 38.6 Å². The molecule has 0 atom stereocenters.